The number of amides is 3. The number of carbonyl (C=O) groups excluding carboxylic acids is 2. The summed E-state index contributed by atoms with van der Waals surface area (Å²) in [6.45, 7) is 2.54. The molecule has 5 nitrogen and oxygen atoms in total. The molecule has 3 amide bonds. The van der Waals surface area contributed by atoms with Crippen LogP contribution in [0.2, 0.25) is 5.02 Å². The van der Waals surface area contributed by atoms with Gasteiger partial charge in [-0.15, -0.1) is 11.8 Å². The van der Waals surface area contributed by atoms with E-state index in [0.29, 0.717) is 30.8 Å². The SMILES string of the molecule is CCSc1ccc(Cl)cc1NC(=O)CCCCNC(N)=O. The Kier molecular flexibility index (Phi) is 8.00. The number of benzene rings is 1. The molecule has 7 heteroatoms. The lowest BCUT2D eigenvalue weighted by atomic mass is 10.2. The lowest BCUT2D eigenvalue weighted by molar-refractivity contribution is -0.116. The van der Waals surface area contributed by atoms with E-state index in [-0.39, 0.29) is 5.91 Å². The Morgan fingerprint density at radius 3 is 2.76 bits per heavy atom. The molecule has 0 aromatic heterocycles. The lowest BCUT2D eigenvalue weighted by Gasteiger charge is -2.10. The van der Waals surface area contributed by atoms with Crippen molar-refractivity contribution in [1.29, 1.82) is 0 Å². The van der Waals surface area contributed by atoms with Crippen LogP contribution in [0.4, 0.5) is 10.5 Å². The van der Waals surface area contributed by atoms with Crippen molar-refractivity contribution < 1.29 is 9.59 Å². The van der Waals surface area contributed by atoms with Crippen molar-refractivity contribution in [2.24, 2.45) is 5.73 Å². The smallest absolute Gasteiger partial charge is 0.312 e. The van der Waals surface area contributed by atoms with Crippen LogP contribution in [0.1, 0.15) is 26.2 Å². The molecule has 0 aliphatic heterocycles. The van der Waals surface area contributed by atoms with Gasteiger partial charge in [-0.3, -0.25) is 4.79 Å². The van der Waals surface area contributed by atoms with Gasteiger partial charge in [-0.1, -0.05) is 18.5 Å². The highest BCUT2D eigenvalue weighted by molar-refractivity contribution is 7.99. The number of nitrogens with one attached hydrogen (secondary N) is 2. The monoisotopic (exact) mass is 329 g/mol. The molecule has 116 valence electrons. The van der Waals surface area contributed by atoms with E-state index < -0.39 is 6.03 Å². The predicted molar refractivity (Wildman–Crippen MR) is 87.9 cm³/mol. The summed E-state index contributed by atoms with van der Waals surface area (Å²) in [7, 11) is 0. The molecule has 0 atom stereocenters. The molecule has 0 unspecified atom stereocenters. The fourth-order valence-electron chi connectivity index (χ4n) is 1.72. The van der Waals surface area contributed by atoms with Crippen LogP contribution in [0.15, 0.2) is 23.1 Å². The summed E-state index contributed by atoms with van der Waals surface area (Å²) in [5.41, 5.74) is 5.70. The van der Waals surface area contributed by atoms with Crippen LogP contribution in [-0.4, -0.2) is 24.2 Å². The van der Waals surface area contributed by atoms with Gasteiger partial charge in [0.1, 0.15) is 0 Å². The van der Waals surface area contributed by atoms with E-state index in [1.165, 1.54) is 0 Å². The summed E-state index contributed by atoms with van der Waals surface area (Å²) in [5.74, 6) is 0.859. The molecule has 1 rings (SSSR count). The number of hydrogen-bond acceptors (Lipinski definition) is 3. The standard InChI is InChI=1S/C14H20ClN3O2S/c1-2-21-12-7-6-10(15)9-11(12)18-13(19)5-3-4-8-17-14(16)20/h6-7,9H,2-5,8H2,1H3,(H,18,19)(H3,16,17,20). The number of carbonyl (C=O) groups is 2. The molecule has 0 fully saturated rings. The van der Waals surface area contributed by atoms with Crippen LogP contribution < -0.4 is 16.4 Å². The van der Waals surface area contributed by atoms with Gasteiger partial charge >= 0.3 is 6.03 Å². The maximum atomic E-state index is 11.9. The van der Waals surface area contributed by atoms with Crippen molar-refractivity contribution in [3.05, 3.63) is 23.2 Å². The van der Waals surface area contributed by atoms with Gasteiger partial charge in [-0.25, -0.2) is 4.79 Å². The maximum Gasteiger partial charge on any atom is 0.312 e. The summed E-state index contributed by atoms with van der Waals surface area (Å²) >= 11 is 7.62. The Balaban J connectivity index is 2.43. The van der Waals surface area contributed by atoms with Gasteiger partial charge in [-0.05, 0) is 36.8 Å². The first-order valence-electron chi connectivity index (χ1n) is 6.78. The van der Waals surface area contributed by atoms with Crippen molar-refractivity contribution in [1.82, 2.24) is 5.32 Å². The number of unbranched alkanes of at least 4 members (excludes halogenated alkanes) is 1. The molecule has 0 saturated heterocycles. The Morgan fingerprint density at radius 1 is 1.33 bits per heavy atom. The molecule has 0 bridgehead atoms. The highest BCUT2D eigenvalue weighted by Crippen LogP contribution is 2.29. The largest absolute Gasteiger partial charge is 0.352 e. The summed E-state index contributed by atoms with van der Waals surface area (Å²) in [6.07, 6.45) is 1.79. The van der Waals surface area contributed by atoms with Crippen LogP contribution in [-0.2, 0) is 4.79 Å². The number of nitrogens with two attached hydrogens (primary N) is 1. The van der Waals surface area contributed by atoms with E-state index >= 15 is 0 Å². The number of halogens is 1. The molecule has 4 N–H and O–H groups in total. The summed E-state index contributed by atoms with van der Waals surface area (Å²) in [4.78, 5) is 23.4. The van der Waals surface area contributed by atoms with Gasteiger partial charge in [0, 0.05) is 22.9 Å². The second-order valence-corrected chi connectivity index (χ2v) is 6.11. The Labute approximate surface area is 134 Å². The Morgan fingerprint density at radius 2 is 2.10 bits per heavy atom. The Bertz CT molecular complexity index is 497. The first kappa shape index (κ1) is 17.7. The number of anilines is 1. The fraction of sp³-hybridized carbons (Fsp3) is 0.429. The van der Waals surface area contributed by atoms with Crippen molar-refractivity contribution in [3.8, 4) is 0 Å². The zero-order valence-electron chi connectivity index (χ0n) is 11.9. The van der Waals surface area contributed by atoms with Gasteiger partial charge in [0.2, 0.25) is 5.91 Å². The van der Waals surface area contributed by atoms with E-state index in [1.54, 1.807) is 17.8 Å². The molecule has 21 heavy (non-hydrogen) atoms. The normalized spacial score (nSPS) is 10.2. The number of hydrogen-bond donors (Lipinski definition) is 3. The van der Waals surface area contributed by atoms with E-state index in [9.17, 15) is 9.59 Å². The number of urea groups is 1. The van der Waals surface area contributed by atoms with Crippen LogP contribution >= 0.6 is 23.4 Å². The molecule has 0 heterocycles. The van der Waals surface area contributed by atoms with Gasteiger partial charge in [0.05, 0.1) is 5.69 Å². The lowest BCUT2D eigenvalue weighted by Crippen LogP contribution is -2.30. The maximum absolute atomic E-state index is 11.9. The third-order valence-corrected chi connectivity index (χ3v) is 3.84. The molecule has 0 radical (unpaired) electrons. The molecule has 0 aliphatic carbocycles. The molecule has 1 aromatic carbocycles. The van der Waals surface area contributed by atoms with E-state index in [2.05, 4.69) is 17.6 Å². The Hall–Kier alpha value is -1.40. The topological polar surface area (TPSA) is 84.2 Å². The molecule has 0 saturated carbocycles. The minimum atomic E-state index is -0.542. The van der Waals surface area contributed by atoms with Gasteiger partial charge in [0.25, 0.3) is 0 Å². The van der Waals surface area contributed by atoms with E-state index in [1.807, 2.05) is 12.1 Å². The molecule has 0 aliphatic rings. The minimum absolute atomic E-state index is 0.0608. The predicted octanol–water partition coefficient (Wildman–Crippen LogP) is 3.23. The summed E-state index contributed by atoms with van der Waals surface area (Å²) in [5, 5.41) is 5.96. The quantitative estimate of drug-likeness (QED) is 0.505. The van der Waals surface area contributed by atoms with Crippen molar-refractivity contribution in [2.45, 2.75) is 31.1 Å². The average Bonchev–Trinajstić information content (AvgIpc) is 2.41. The van der Waals surface area contributed by atoms with Crippen molar-refractivity contribution >= 4 is 41.0 Å². The van der Waals surface area contributed by atoms with Gasteiger partial charge in [-0.2, -0.15) is 0 Å². The zero-order chi connectivity index (χ0) is 15.7. The van der Waals surface area contributed by atoms with Crippen molar-refractivity contribution in [2.75, 3.05) is 17.6 Å². The van der Waals surface area contributed by atoms with Crippen LogP contribution in [0.3, 0.4) is 0 Å². The third-order valence-electron chi connectivity index (χ3n) is 2.65. The highest BCUT2D eigenvalue weighted by atomic mass is 35.5. The first-order valence-corrected chi connectivity index (χ1v) is 8.14. The fourth-order valence-corrected chi connectivity index (χ4v) is 2.63. The van der Waals surface area contributed by atoms with E-state index in [4.69, 9.17) is 17.3 Å². The molecule has 0 spiro atoms. The van der Waals surface area contributed by atoms with Gasteiger partial charge in [0.15, 0.2) is 0 Å². The highest BCUT2D eigenvalue weighted by Gasteiger charge is 2.08. The van der Waals surface area contributed by atoms with E-state index in [0.717, 1.165) is 16.3 Å². The van der Waals surface area contributed by atoms with Crippen molar-refractivity contribution in [3.63, 3.8) is 0 Å². The third kappa shape index (κ3) is 7.24. The number of thioether (sulfide) groups is 1. The summed E-state index contributed by atoms with van der Waals surface area (Å²) < 4.78 is 0. The first-order chi connectivity index (χ1) is 10.0. The summed E-state index contributed by atoms with van der Waals surface area (Å²) in [6, 6.07) is 4.93. The van der Waals surface area contributed by atoms with Crippen LogP contribution in [0.25, 0.3) is 0 Å². The molecule has 1 aromatic rings. The van der Waals surface area contributed by atoms with Crippen LogP contribution in [0.5, 0.6) is 0 Å². The number of primary amides is 1. The van der Waals surface area contributed by atoms with Gasteiger partial charge < -0.3 is 16.4 Å². The second-order valence-electron chi connectivity index (χ2n) is 4.37. The average molecular weight is 330 g/mol. The minimum Gasteiger partial charge on any atom is -0.352 e. The molecular formula is C14H20ClN3O2S. The van der Waals surface area contributed by atoms with Crippen LogP contribution in [0, 0.1) is 0 Å². The zero-order valence-corrected chi connectivity index (χ0v) is 13.5. The number of rotatable bonds is 8. The molecular weight excluding hydrogens is 310 g/mol. The second kappa shape index (κ2) is 9.52.